The number of hydroxylamine groups is 2. The summed E-state index contributed by atoms with van der Waals surface area (Å²) >= 11 is 0. The van der Waals surface area contributed by atoms with Crippen molar-refractivity contribution in [3.05, 3.63) is 76.6 Å². The third-order valence-electron chi connectivity index (χ3n) is 4.66. The predicted octanol–water partition coefficient (Wildman–Crippen LogP) is 4.03. The van der Waals surface area contributed by atoms with Crippen molar-refractivity contribution in [2.24, 2.45) is 4.99 Å². The second-order valence-corrected chi connectivity index (χ2v) is 7.01. The van der Waals surface area contributed by atoms with E-state index < -0.39 is 5.91 Å². The predicted molar refractivity (Wildman–Crippen MR) is 113 cm³/mol. The van der Waals surface area contributed by atoms with Gasteiger partial charge in [0.25, 0.3) is 5.91 Å². The van der Waals surface area contributed by atoms with Crippen molar-refractivity contribution in [2.45, 2.75) is 20.5 Å². The molecule has 2 heterocycles. The van der Waals surface area contributed by atoms with Crippen LogP contribution in [-0.2, 0) is 16.2 Å². The molecule has 7 heteroatoms. The number of nitrogens with zero attached hydrogens (tertiary/aromatic N) is 2. The van der Waals surface area contributed by atoms with Gasteiger partial charge in [0.2, 0.25) is 0 Å². The molecule has 0 spiro atoms. The minimum atomic E-state index is -0.487. The van der Waals surface area contributed by atoms with Crippen LogP contribution in [0.2, 0.25) is 0 Å². The van der Waals surface area contributed by atoms with Gasteiger partial charge in [-0.2, -0.15) is 4.99 Å². The molecule has 152 valence electrons. The molecule has 1 N–H and O–H groups in total. The highest BCUT2D eigenvalue weighted by atomic mass is 16.7. The molecule has 0 saturated carbocycles. The van der Waals surface area contributed by atoms with Crippen LogP contribution < -0.4 is 9.47 Å². The molecule has 2 aliphatic heterocycles. The van der Waals surface area contributed by atoms with Crippen LogP contribution in [0.1, 0.15) is 23.6 Å². The third kappa shape index (κ3) is 3.82. The van der Waals surface area contributed by atoms with Crippen molar-refractivity contribution >= 4 is 23.7 Å². The molecular formula is C23H21N3O4. The number of hydrogen-bond donors (Lipinski definition) is 1. The molecule has 0 atom stereocenters. The smallest absolute Gasteiger partial charge is 0.282 e. The van der Waals surface area contributed by atoms with Crippen LogP contribution in [0.25, 0.3) is 6.08 Å². The maximum Gasteiger partial charge on any atom is 0.282 e. The van der Waals surface area contributed by atoms with Crippen molar-refractivity contribution < 1.29 is 19.1 Å². The van der Waals surface area contributed by atoms with E-state index in [0.29, 0.717) is 35.3 Å². The lowest BCUT2D eigenvalue weighted by Gasteiger charge is -2.23. The molecule has 2 aromatic carbocycles. The number of carbonyl (C=O) groups excluding carboxylic acids is 1. The Balaban J connectivity index is 1.56. The first-order valence-corrected chi connectivity index (χ1v) is 9.41. The Kier molecular flexibility index (Phi) is 5.10. The van der Waals surface area contributed by atoms with Gasteiger partial charge in [0.1, 0.15) is 12.4 Å². The van der Waals surface area contributed by atoms with Gasteiger partial charge in [-0.15, -0.1) is 5.06 Å². The first-order chi connectivity index (χ1) is 14.4. The minimum Gasteiger partial charge on any atom is -0.493 e. The number of amidine groups is 2. The zero-order valence-corrected chi connectivity index (χ0v) is 16.9. The average molecular weight is 403 g/mol. The maximum absolute atomic E-state index is 12.4. The molecule has 0 bridgehead atoms. The van der Waals surface area contributed by atoms with Crippen LogP contribution in [0.4, 0.5) is 0 Å². The fraction of sp³-hybridized carbons (Fsp3) is 0.174. The van der Waals surface area contributed by atoms with Crippen molar-refractivity contribution in [3.63, 3.8) is 0 Å². The Morgan fingerprint density at radius 2 is 2.00 bits per heavy atom. The lowest BCUT2D eigenvalue weighted by Crippen LogP contribution is -2.38. The largest absolute Gasteiger partial charge is 0.493 e. The summed E-state index contributed by atoms with van der Waals surface area (Å²) in [5, 5.41) is 9.54. The van der Waals surface area contributed by atoms with Crippen molar-refractivity contribution in [1.29, 1.82) is 5.41 Å². The Hall–Kier alpha value is -3.87. The minimum absolute atomic E-state index is 0.0585. The number of carbonyl (C=O) groups is 1. The summed E-state index contributed by atoms with van der Waals surface area (Å²) in [6.07, 6.45) is 3.21. The zero-order chi connectivity index (χ0) is 21.3. The molecule has 0 unspecified atom stereocenters. The number of hydrogen-bond acceptors (Lipinski definition) is 5. The van der Waals surface area contributed by atoms with Gasteiger partial charge in [0.15, 0.2) is 23.2 Å². The number of aryl methyl sites for hydroxylation is 1. The van der Waals surface area contributed by atoms with Gasteiger partial charge in [-0.3, -0.25) is 10.2 Å². The van der Waals surface area contributed by atoms with E-state index in [2.05, 4.69) is 11.1 Å². The van der Waals surface area contributed by atoms with E-state index in [1.165, 1.54) is 10.6 Å². The lowest BCUT2D eigenvalue weighted by molar-refractivity contribution is -0.114. The quantitative estimate of drug-likeness (QED) is 0.762. The van der Waals surface area contributed by atoms with E-state index in [0.717, 1.165) is 5.56 Å². The average Bonchev–Trinajstić information content (AvgIpc) is 3.10. The van der Waals surface area contributed by atoms with Crippen LogP contribution >= 0.6 is 0 Å². The van der Waals surface area contributed by atoms with Gasteiger partial charge in [-0.05, 0) is 43.2 Å². The number of aliphatic imine (C=N–C) groups is 1. The number of benzene rings is 2. The normalized spacial score (nSPS) is 16.8. The standard InChI is InChI=1S/C23H21N3O4/c1-14-5-4-6-17(9-14)13-29-19-8-7-16(12-20(19)28-3)11-18-22(24)26-21(25-23(18)27)10-15(2)30-26/h4-12,24H,13H2,1-3H3/b18-11-,24-22?. The molecule has 2 aliphatic rings. The fourth-order valence-corrected chi connectivity index (χ4v) is 3.22. The summed E-state index contributed by atoms with van der Waals surface area (Å²) in [5.41, 5.74) is 3.05. The summed E-state index contributed by atoms with van der Waals surface area (Å²) in [5.74, 6) is 1.47. The monoisotopic (exact) mass is 403 g/mol. The van der Waals surface area contributed by atoms with E-state index in [4.69, 9.17) is 19.7 Å². The Labute approximate surface area is 174 Å². The number of rotatable bonds is 5. The van der Waals surface area contributed by atoms with Crippen LogP contribution in [0.15, 0.2) is 64.9 Å². The van der Waals surface area contributed by atoms with Crippen LogP contribution in [0, 0.1) is 12.3 Å². The summed E-state index contributed by atoms with van der Waals surface area (Å²) in [4.78, 5) is 21.8. The van der Waals surface area contributed by atoms with Gasteiger partial charge >= 0.3 is 0 Å². The molecule has 30 heavy (non-hydrogen) atoms. The number of methoxy groups -OCH3 is 1. The molecule has 2 aromatic rings. The maximum atomic E-state index is 12.4. The molecule has 0 fully saturated rings. The first-order valence-electron chi connectivity index (χ1n) is 9.41. The van der Waals surface area contributed by atoms with Crippen LogP contribution in [0.5, 0.6) is 11.5 Å². The highest BCUT2D eigenvalue weighted by Crippen LogP contribution is 2.31. The fourth-order valence-electron chi connectivity index (χ4n) is 3.22. The van der Waals surface area contributed by atoms with E-state index in [9.17, 15) is 4.79 Å². The number of amides is 1. The highest BCUT2D eigenvalue weighted by molar-refractivity contribution is 6.32. The lowest BCUT2D eigenvalue weighted by atomic mass is 10.1. The van der Waals surface area contributed by atoms with Gasteiger partial charge in [0.05, 0.1) is 12.7 Å². The van der Waals surface area contributed by atoms with Gasteiger partial charge in [-0.25, -0.2) is 0 Å². The molecule has 0 saturated heterocycles. The summed E-state index contributed by atoms with van der Waals surface area (Å²) in [7, 11) is 1.56. The molecule has 0 aliphatic carbocycles. The Morgan fingerprint density at radius 1 is 1.17 bits per heavy atom. The van der Waals surface area contributed by atoms with Crippen LogP contribution in [-0.4, -0.2) is 29.8 Å². The number of allylic oxidation sites excluding steroid dienone is 1. The van der Waals surface area contributed by atoms with E-state index in [1.54, 1.807) is 44.4 Å². The molecular weight excluding hydrogens is 382 g/mol. The molecule has 0 radical (unpaired) electrons. The number of fused-ring (bicyclic) bond motifs is 1. The van der Waals surface area contributed by atoms with Crippen molar-refractivity contribution in [1.82, 2.24) is 5.06 Å². The summed E-state index contributed by atoms with van der Waals surface area (Å²) in [6, 6.07) is 13.4. The van der Waals surface area contributed by atoms with Crippen LogP contribution in [0.3, 0.4) is 0 Å². The van der Waals surface area contributed by atoms with Crippen molar-refractivity contribution in [2.75, 3.05) is 7.11 Å². The third-order valence-corrected chi connectivity index (χ3v) is 4.66. The van der Waals surface area contributed by atoms with E-state index in [1.807, 2.05) is 25.1 Å². The SMILES string of the molecule is COc1cc(/C=C2/C(=N)N3OC(C)=CC3=NC2=O)ccc1OCc1cccc(C)c1. The van der Waals surface area contributed by atoms with Gasteiger partial charge in [0, 0.05) is 6.08 Å². The van der Waals surface area contributed by atoms with Gasteiger partial charge < -0.3 is 14.3 Å². The molecule has 1 amide bonds. The Morgan fingerprint density at radius 3 is 2.77 bits per heavy atom. The molecule has 4 rings (SSSR count). The zero-order valence-electron chi connectivity index (χ0n) is 16.9. The van der Waals surface area contributed by atoms with Gasteiger partial charge in [-0.1, -0.05) is 35.9 Å². The topological polar surface area (TPSA) is 84.2 Å². The van der Waals surface area contributed by atoms with E-state index in [-0.39, 0.29) is 11.4 Å². The second kappa shape index (κ2) is 7.87. The van der Waals surface area contributed by atoms with E-state index >= 15 is 0 Å². The molecule has 0 aromatic heterocycles. The Bertz CT molecular complexity index is 1130. The highest BCUT2D eigenvalue weighted by Gasteiger charge is 2.34. The summed E-state index contributed by atoms with van der Waals surface area (Å²) in [6.45, 7) is 4.19. The summed E-state index contributed by atoms with van der Waals surface area (Å²) < 4.78 is 11.4. The number of ether oxygens (including phenoxy) is 2. The second-order valence-electron chi connectivity index (χ2n) is 7.01. The molecule has 7 nitrogen and oxygen atoms in total. The first kappa shape index (κ1) is 19.4. The number of nitrogens with one attached hydrogen (secondary N) is 1. The van der Waals surface area contributed by atoms with Crippen molar-refractivity contribution in [3.8, 4) is 11.5 Å².